The smallest absolute Gasteiger partial charge is 0.265 e. The minimum atomic E-state index is -0.211. The van der Waals surface area contributed by atoms with Gasteiger partial charge in [0.25, 0.3) is 5.56 Å². The molecule has 5 rings (SSSR count). The molecule has 2 heterocycles. The third-order valence-electron chi connectivity index (χ3n) is 6.09. The van der Waals surface area contributed by atoms with Crippen LogP contribution in [-0.4, -0.2) is 21.6 Å². The van der Waals surface area contributed by atoms with E-state index in [0.717, 1.165) is 27.5 Å². The number of benzene rings is 2. The first-order chi connectivity index (χ1) is 16.3. The van der Waals surface area contributed by atoms with Gasteiger partial charge in [0.15, 0.2) is 5.78 Å². The maximum atomic E-state index is 14.0. The molecule has 0 bridgehead atoms. The summed E-state index contributed by atoms with van der Waals surface area (Å²) in [6, 6.07) is 17.1. The van der Waals surface area contributed by atoms with E-state index in [0.29, 0.717) is 34.0 Å². The van der Waals surface area contributed by atoms with Gasteiger partial charge in [0.05, 0.1) is 16.9 Å². The highest BCUT2D eigenvalue weighted by Crippen LogP contribution is 2.38. The zero-order valence-electron chi connectivity index (χ0n) is 19.1. The largest absolute Gasteiger partial charge is 0.294 e. The van der Waals surface area contributed by atoms with Crippen LogP contribution in [0.3, 0.4) is 0 Å². The van der Waals surface area contributed by atoms with E-state index >= 15 is 0 Å². The monoisotopic (exact) mass is 506 g/mol. The zero-order chi connectivity index (χ0) is 24.0. The molecule has 4 nitrogen and oxygen atoms in total. The fourth-order valence-corrected chi connectivity index (χ4v) is 6.03. The highest BCUT2D eigenvalue weighted by molar-refractivity contribution is 7.98. The molecule has 1 aliphatic rings. The summed E-state index contributed by atoms with van der Waals surface area (Å²) in [5.41, 5.74) is 4.00. The molecule has 0 saturated carbocycles. The number of fused-ring (bicyclic) bond motifs is 1. The van der Waals surface area contributed by atoms with Gasteiger partial charge in [0, 0.05) is 38.5 Å². The quantitative estimate of drug-likeness (QED) is 0.275. The SMILES string of the molecule is CSc1ccccc1-n1c2c(cc(-c3nc(-c4ccc(Cl)cc4)cs3)c1=O)C(=O)CC(C)(C)C2. The van der Waals surface area contributed by atoms with Gasteiger partial charge in [-0.1, -0.05) is 49.7 Å². The van der Waals surface area contributed by atoms with Crippen LogP contribution in [0.15, 0.2) is 69.7 Å². The Labute approximate surface area is 211 Å². The van der Waals surface area contributed by atoms with Gasteiger partial charge in [0.1, 0.15) is 5.01 Å². The number of para-hydroxylation sites is 1. The minimum Gasteiger partial charge on any atom is -0.294 e. The van der Waals surface area contributed by atoms with E-state index in [-0.39, 0.29) is 16.8 Å². The average molecular weight is 507 g/mol. The van der Waals surface area contributed by atoms with E-state index in [2.05, 4.69) is 13.8 Å². The highest BCUT2D eigenvalue weighted by atomic mass is 35.5. The Morgan fingerprint density at radius 3 is 2.50 bits per heavy atom. The van der Waals surface area contributed by atoms with Crippen molar-refractivity contribution >= 4 is 40.5 Å². The summed E-state index contributed by atoms with van der Waals surface area (Å²) in [7, 11) is 0. The number of pyridine rings is 1. The number of carbonyl (C=O) groups is 1. The maximum absolute atomic E-state index is 14.0. The van der Waals surface area contributed by atoms with Crippen molar-refractivity contribution in [2.45, 2.75) is 31.6 Å². The summed E-state index contributed by atoms with van der Waals surface area (Å²) in [4.78, 5) is 33.0. The number of carbonyl (C=O) groups excluding carboxylic acids is 1. The zero-order valence-corrected chi connectivity index (χ0v) is 21.5. The molecule has 0 N–H and O–H groups in total. The predicted molar refractivity (Wildman–Crippen MR) is 142 cm³/mol. The molecular formula is C27H23ClN2O2S2. The first-order valence-electron chi connectivity index (χ1n) is 10.9. The normalized spacial score (nSPS) is 14.8. The topological polar surface area (TPSA) is 52.0 Å². The summed E-state index contributed by atoms with van der Waals surface area (Å²) in [6.07, 6.45) is 3.10. The van der Waals surface area contributed by atoms with Crippen LogP contribution in [0.1, 0.15) is 36.3 Å². The lowest BCUT2D eigenvalue weighted by atomic mass is 9.75. The number of halogens is 1. The molecule has 2 aromatic carbocycles. The lowest BCUT2D eigenvalue weighted by Gasteiger charge is -2.32. The molecule has 0 spiro atoms. The van der Waals surface area contributed by atoms with Crippen LogP contribution >= 0.6 is 34.7 Å². The molecular weight excluding hydrogens is 484 g/mol. The first kappa shape index (κ1) is 23.1. The van der Waals surface area contributed by atoms with Gasteiger partial charge in [-0.3, -0.25) is 14.2 Å². The van der Waals surface area contributed by atoms with E-state index in [1.165, 1.54) is 11.3 Å². The molecule has 34 heavy (non-hydrogen) atoms. The molecule has 4 aromatic rings. The van der Waals surface area contributed by atoms with E-state index in [9.17, 15) is 9.59 Å². The van der Waals surface area contributed by atoms with E-state index < -0.39 is 0 Å². The molecule has 0 fully saturated rings. The number of aromatic nitrogens is 2. The van der Waals surface area contributed by atoms with E-state index in [1.54, 1.807) is 22.4 Å². The number of nitrogens with zero attached hydrogens (tertiary/aromatic N) is 2. The van der Waals surface area contributed by atoms with Crippen molar-refractivity contribution in [2.75, 3.05) is 6.26 Å². The highest BCUT2D eigenvalue weighted by Gasteiger charge is 2.35. The third-order valence-corrected chi connectivity index (χ3v) is 8.00. The molecule has 2 aromatic heterocycles. The maximum Gasteiger partial charge on any atom is 0.265 e. The van der Waals surface area contributed by atoms with Crippen molar-refractivity contribution in [1.29, 1.82) is 0 Å². The van der Waals surface area contributed by atoms with Gasteiger partial charge in [-0.25, -0.2) is 4.98 Å². The molecule has 172 valence electrons. The first-order valence-corrected chi connectivity index (χ1v) is 13.4. The molecule has 7 heteroatoms. The van der Waals surface area contributed by atoms with Crippen molar-refractivity contribution in [2.24, 2.45) is 5.41 Å². The van der Waals surface area contributed by atoms with Crippen LogP contribution in [0.25, 0.3) is 27.5 Å². The van der Waals surface area contributed by atoms with Crippen molar-refractivity contribution < 1.29 is 4.79 Å². The molecule has 0 unspecified atom stereocenters. The second kappa shape index (κ2) is 8.84. The Kier molecular flexibility index (Phi) is 6.00. The van der Waals surface area contributed by atoms with Crippen LogP contribution in [0.2, 0.25) is 5.02 Å². The molecule has 0 saturated heterocycles. The Balaban J connectivity index is 1.75. The standard InChI is InChI=1S/C27H23ClN2O2S2/c1-27(2)13-22-18(23(31)14-27)12-19(26(32)30(22)21-6-4-5-7-24(21)33-3)25-29-20(15-34-25)16-8-10-17(28)11-9-16/h4-12,15H,13-14H2,1-3H3. The lowest BCUT2D eigenvalue weighted by molar-refractivity contribution is 0.0909. The van der Waals surface area contributed by atoms with Gasteiger partial charge in [-0.05, 0) is 48.4 Å². The number of hydrogen-bond donors (Lipinski definition) is 0. The Morgan fingerprint density at radius 2 is 1.76 bits per heavy atom. The fraction of sp³-hybridized carbons (Fsp3) is 0.222. The minimum absolute atomic E-state index is 0.0670. The van der Waals surface area contributed by atoms with Crippen molar-refractivity contribution in [3.05, 3.63) is 86.6 Å². The number of Topliss-reactive ketones (excluding diaryl/α,β-unsaturated/α-hetero) is 1. The summed E-state index contributed by atoms with van der Waals surface area (Å²) in [6.45, 7) is 4.16. The van der Waals surface area contributed by atoms with Crippen molar-refractivity contribution in [3.8, 4) is 27.5 Å². The second-order valence-corrected chi connectivity index (χ2v) is 11.4. The van der Waals surface area contributed by atoms with Crippen LogP contribution in [-0.2, 0) is 6.42 Å². The summed E-state index contributed by atoms with van der Waals surface area (Å²) in [5, 5.41) is 3.19. The number of thioether (sulfide) groups is 1. The summed E-state index contributed by atoms with van der Waals surface area (Å²) in [5.74, 6) is 0.0670. The van der Waals surface area contributed by atoms with Crippen LogP contribution < -0.4 is 5.56 Å². The third kappa shape index (κ3) is 4.15. The summed E-state index contributed by atoms with van der Waals surface area (Å²) < 4.78 is 1.75. The molecule has 0 radical (unpaired) electrons. The second-order valence-electron chi connectivity index (χ2n) is 9.22. The number of hydrogen-bond acceptors (Lipinski definition) is 5. The van der Waals surface area contributed by atoms with Gasteiger partial charge in [-0.15, -0.1) is 23.1 Å². The molecule has 0 aliphatic heterocycles. The van der Waals surface area contributed by atoms with Crippen LogP contribution in [0.5, 0.6) is 0 Å². The summed E-state index contributed by atoms with van der Waals surface area (Å²) >= 11 is 9.02. The van der Waals surface area contributed by atoms with Gasteiger partial charge < -0.3 is 0 Å². The fourth-order valence-electron chi connectivity index (χ4n) is 4.49. The van der Waals surface area contributed by atoms with Crippen molar-refractivity contribution in [1.82, 2.24) is 9.55 Å². The Morgan fingerprint density at radius 1 is 1.03 bits per heavy atom. The number of thiazole rings is 1. The molecule has 1 aliphatic carbocycles. The van der Waals surface area contributed by atoms with Crippen LogP contribution in [0, 0.1) is 5.41 Å². The Hall–Kier alpha value is -2.67. The molecule has 0 amide bonds. The van der Waals surface area contributed by atoms with Crippen LogP contribution in [0.4, 0.5) is 0 Å². The predicted octanol–water partition coefficient (Wildman–Crippen LogP) is 7.16. The molecule has 0 atom stereocenters. The van der Waals surface area contributed by atoms with Gasteiger partial charge >= 0.3 is 0 Å². The average Bonchev–Trinajstić information content (AvgIpc) is 3.28. The number of rotatable bonds is 4. The Bertz CT molecular complexity index is 1470. The van der Waals surface area contributed by atoms with Gasteiger partial charge in [0.2, 0.25) is 0 Å². The lowest BCUT2D eigenvalue weighted by Crippen LogP contribution is -2.35. The van der Waals surface area contributed by atoms with E-state index in [4.69, 9.17) is 16.6 Å². The number of ketones is 1. The van der Waals surface area contributed by atoms with Gasteiger partial charge in [-0.2, -0.15) is 0 Å². The van der Waals surface area contributed by atoms with E-state index in [1.807, 2.05) is 60.2 Å². The van der Waals surface area contributed by atoms with Crippen molar-refractivity contribution in [3.63, 3.8) is 0 Å².